The maximum Gasteiger partial charge on any atom is 0.336 e. The molecule has 1 fully saturated rings. The number of aromatic nitrogens is 2. The molecular formula is C10H12ClN3O5S. The lowest BCUT2D eigenvalue weighted by Gasteiger charge is -2.30. The van der Waals surface area contributed by atoms with Crippen LogP contribution in [0.2, 0.25) is 5.28 Å². The zero-order chi connectivity index (χ0) is 14.8. The molecule has 1 aromatic rings. The van der Waals surface area contributed by atoms with Gasteiger partial charge < -0.3 is 9.47 Å². The Morgan fingerprint density at radius 1 is 1.50 bits per heavy atom. The van der Waals surface area contributed by atoms with Crippen LogP contribution in [0.25, 0.3) is 0 Å². The minimum atomic E-state index is -3.79. The summed E-state index contributed by atoms with van der Waals surface area (Å²) in [4.78, 5) is 18.6. The smallest absolute Gasteiger partial charge is 0.336 e. The number of halogens is 1. The summed E-state index contributed by atoms with van der Waals surface area (Å²) in [5.41, 5.74) is 0. The van der Waals surface area contributed by atoms with Gasteiger partial charge in [0.05, 0.1) is 32.7 Å². The van der Waals surface area contributed by atoms with Gasteiger partial charge in [-0.1, -0.05) is 0 Å². The highest BCUT2D eigenvalue weighted by molar-refractivity contribution is 7.89. The molecular weight excluding hydrogens is 310 g/mol. The molecule has 8 nitrogen and oxygen atoms in total. The van der Waals surface area contributed by atoms with E-state index in [4.69, 9.17) is 16.3 Å². The third-order valence-electron chi connectivity index (χ3n) is 2.73. The molecule has 10 heteroatoms. The number of carbonyl (C=O) groups excluding carboxylic acids is 1. The van der Waals surface area contributed by atoms with E-state index in [2.05, 4.69) is 14.7 Å². The van der Waals surface area contributed by atoms with Gasteiger partial charge in [0.15, 0.2) is 6.10 Å². The molecule has 1 atom stereocenters. The number of morpholine rings is 1. The third kappa shape index (κ3) is 3.06. The maximum atomic E-state index is 12.4. The monoisotopic (exact) mass is 321 g/mol. The molecule has 0 aliphatic carbocycles. The zero-order valence-corrected chi connectivity index (χ0v) is 12.1. The number of methoxy groups -OCH3 is 1. The Hall–Kier alpha value is -1.29. The summed E-state index contributed by atoms with van der Waals surface area (Å²) in [5, 5.41) is -0.0432. The number of hydrogen-bond acceptors (Lipinski definition) is 7. The molecule has 0 aromatic carbocycles. The summed E-state index contributed by atoms with van der Waals surface area (Å²) in [6, 6.07) is 0. The lowest BCUT2D eigenvalue weighted by atomic mass is 10.3. The molecule has 0 N–H and O–H groups in total. The summed E-state index contributed by atoms with van der Waals surface area (Å²) in [6.45, 7) is 0.129. The minimum absolute atomic E-state index is 0.0432. The van der Waals surface area contributed by atoms with Crippen LogP contribution >= 0.6 is 11.6 Å². The van der Waals surface area contributed by atoms with Gasteiger partial charge in [-0.25, -0.2) is 23.2 Å². The van der Waals surface area contributed by atoms with Crippen molar-refractivity contribution in [1.82, 2.24) is 14.3 Å². The van der Waals surface area contributed by atoms with Crippen molar-refractivity contribution in [3.05, 3.63) is 17.7 Å². The second-order valence-electron chi connectivity index (χ2n) is 3.93. The summed E-state index contributed by atoms with van der Waals surface area (Å²) < 4.78 is 35.6. The molecule has 20 heavy (non-hydrogen) atoms. The Bertz CT molecular complexity index is 591. The third-order valence-corrected chi connectivity index (χ3v) is 4.74. The van der Waals surface area contributed by atoms with Gasteiger partial charge in [0.1, 0.15) is 4.90 Å². The number of nitrogens with zero attached hydrogens (tertiary/aromatic N) is 3. The molecule has 0 spiro atoms. The van der Waals surface area contributed by atoms with E-state index in [0.717, 1.165) is 16.7 Å². The second kappa shape index (κ2) is 6.00. The fourth-order valence-electron chi connectivity index (χ4n) is 1.70. The second-order valence-corrected chi connectivity index (χ2v) is 6.21. The van der Waals surface area contributed by atoms with Crippen molar-refractivity contribution >= 4 is 27.6 Å². The molecule has 110 valence electrons. The van der Waals surface area contributed by atoms with Gasteiger partial charge in [0.2, 0.25) is 15.3 Å². The number of hydrogen-bond donors (Lipinski definition) is 0. The van der Waals surface area contributed by atoms with Gasteiger partial charge in [0, 0.05) is 6.54 Å². The fraction of sp³-hybridized carbons (Fsp3) is 0.500. The van der Waals surface area contributed by atoms with Crippen LogP contribution in [0.3, 0.4) is 0 Å². The van der Waals surface area contributed by atoms with Crippen molar-refractivity contribution in [2.24, 2.45) is 0 Å². The largest absolute Gasteiger partial charge is 0.467 e. The van der Waals surface area contributed by atoms with Crippen molar-refractivity contribution in [1.29, 1.82) is 0 Å². The first-order chi connectivity index (χ1) is 9.45. The lowest BCUT2D eigenvalue weighted by molar-refractivity contribution is -0.157. The first-order valence-corrected chi connectivity index (χ1v) is 7.44. The van der Waals surface area contributed by atoms with Gasteiger partial charge in [0.25, 0.3) is 0 Å². The van der Waals surface area contributed by atoms with E-state index in [0.29, 0.717) is 0 Å². The normalized spacial score (nSPS) is 20.6. The van der Waals surface area contributed by atoms with Crippen LogP contribution in [0.5, 0.6) is 0 Å². The van der Waals surface area contributed by atoms with Crippen molar-refractivity contribution in [2.75, 3.05) is 26.8 Å². The van der Waals surface area contributed by atoms with E-state index < -0.39 is 22.1 Å². The van der Waals surface area contributed by atoms with Crippen molar-refractivity contribution in [2.45, 2.75) is 11.0 Å². The van der Waals surface area contributed by atoms with Gasteiger partial charge >= 0.3 is 5.97 Å². The first-order valence-electron chi connectivity index (χ1n) is 5.62. The molecule has 1 saturated heterocycles. The number of sulfonamides is 1. The van der Waals surface area contributed by atoms with Gasteiger partial charge in [-0.2, -0.15) is 4.31 Å². The quantitative estimate of drug-likeness (QED) is 0.556. The molecule has 0 bridgehead atoms. The Morgan fingerprint density at radius 2 is 2.15 bits per heavy atom. The van der Waals surface area contributed by atoms with Crippen molar-refractivity contribution in [3.63, 3.8) is 0 Å². The van der Waals surface area contributed by atoms with Crippen LogP contribution in [0.4, 0.5) is 0 Å². The highest BCUT2D eigenvalue weighted by atomic mass is 35.5. The molecule has 1 aromatic heterocycles. The molecule has 0 amide bonds. The van der Waals surface area contributed by atoms with Gasteiger partial charge in [-0.15, -0.1) is 0 Å². The molecule has 1 aliphatic heterocycles. The molecule has 1 unspecified atom stereocenters. The number of ether oxygens (including phenoxy) is 2. The minimum Gasteiger partial charge on any atom is -0.467 e. The van der Waals surface area contributed by atoms with Crippen LogP contribution < -0.4 is 0 Å². The van der Waals surface area contributed by atoms with E-state index in [1.165, 1.54) is 7.11 Å². The molecule has 0 saturated carbocycles. The van der Waals surface area contributed by atoms with Crippen LogP contribution in [0, 0.1) is 0 Å². The highest BCUT2D eigenvalue weighted by Crippen LogP contribution is 2.18. The average Bonchev–Trinajstić information content (AvgIpc) is 2.47. The summed E-state index contributed by atoms with van der Waals surface area (Å²) >= 11 is 5.52. The molecule has 0 radical (unpaired) electrons. The Kier molecular flexibility index (Phi) is 4.53. The average molecular weight is 322 g/mol. The molecule has 1 aliphatic rings. The standard InChI is InChI=1S/C10H12ClN3O5S/c1-18-9(15)8-6-14(2-3-19-8)20(16,17)7-4-12-10(11)13-5-7/h4-5,8H,2-3,6H2,1H3. The van der Waals surface area contributed by atoms with Crippen molar-refractivity contribution in [3.8, 4) is 0 Å². The van der Waals surface area contributed by atoms with E-state index in [1.807, 2.05) is 0 Å². The lowest BCUT2D eigenvalue weighted by Crippen LogP contribution is -2.48. The van der Waals surface area contributed by atoms with Crippen LogP contribution in [0.15, 0.2) is 17.3 Å². The Labute approximate surface area is 120 Å². The summed E-state index contributed by atoms with van der Waals surface area (Å²) in [6.07, 6.45) is 1.30. The van der Waals surface area contributed by atoms with Crippen LogP contribution in [0.1, 0.15) is 0 Å². The summed E-state index contributed by atoms with van der Waals surface area (Å²) in [7, 11) is -2.58. The Balaban J connectivity index is 2.21. The number of esters is 1. The van der Waals surface area contributed by atoms with E-state index in [9.17, 15) is 13.2 Å². The van der Waals surface area contributed by atoms with Crippen LogP contribution in [-0.4, -0.2) is 61.6 Å². The van der Waals surface area contributed by atoms with E-state index in [1.54, 1.807) is 0 Å². The van der Waals surface area contributed by atoms with Crippen molar-refractivity contribution < 1.29 is 22.7 Å². The predicted octanol–water partition coefficient (Wildman–Crippen LogP) is -0.308. The first kappa shape index (κ1) is 15.1. The fourth-order valence-corrected chi connectivity index (χ4v) is 3.11. The molecule has 2 rings (SSSR count). The topological polar surface area (TPSA) is 98.7 Å². The Morgan fingerprint density at radius 3 is 2.75 bits per heavy atom. The molecule has 2 heterocycles. The van der Waals surface area contributed by atoms with E-state index >= 15 is 0 Å². The van der Waals surface area contributed by atoms with Gasteiger partial charge in [-0.05, 0) is 11.6 Å². The number of carbonyl (C=O) groups is 1. The SMILES string of the molecule is COC(=O)C1CN(S(=O)(=O)c2cnc(Cl)nc2)CCO1. The summed E-state index contributed by atoms with van der Waals surface area (Å²) in [5.74, 6) is -0.614. The maximum absolute atomic E-state index is 12.4. The van der Waals surface area contributed by atoms with Crippen LogP contribution in [-0.2, 0) is 24.3 Å². The predicted molar refractivity (Wildman–Crippen MR) is 67.6 cm³/mol. The zero-order valence-electron chi connectivity index (χ0n) is 10.5. The van der Waals surface area contributed by atoms with E-state index in [-0.39, 0.29) is 29.9 Å². The highest BCUT2D eigenvalue weighted by Gasteiger charge is 2.34. The number of rotatable bonds is 3. The van der Waals surface area contributed by atoms with Gasteiger partial charge in [-0.3, -0.25) is 0 Å².